The van der Waals surface area contributed by atoms with Crippen molar-refractivity contribution in [3.05, 3.63) is 77.4 Å². The molecule has 0 spiro atoms. The molecule has 0 saturated heterocycles. The molecule has 0 aliphatic carbocycles. The number of H-pyrrole nitrogens is 1. The first-order valence-corrected chi connectivity index (χ1v) is 9.84. The Labute approximate surface area is 170 Å². The largest absolute Gasteiger partial charge is 0.484 e. The fraction of sp³-hybridized carbons (Fsp3) is 0.318. The van der Waals surface area contributed by atoms with Gasteiger partial charge in [-0.15, -0.1) is 0 Å². The van der Waals surface area contributed by atoms with Crippen LogP contribution in [0.5, 0.6) is 5.75 Å². The molecule has 1 aliphatic rings. The van der Waals surface area contributed by atoms with Crippen LogP contribution < -0.4 is 10.1 Å². The van der Waals surface area contributed by atoms with Crippen LogP contribution in [0.25, 0.3) is 0 Å². The SMILES string of the molecule is Cc1nc(CCNC(=O)CN2Cc3ccccc3OC(c3ccccc3)C2)n[nH]1. The van der Waals surface area contributed by atoms with Crippen molar-refractivity contribution in [2.45, 2.75) is 26.0 Å². The number of hydrogen-bond donors (Lipinski definition) is 2. The van der Waals surface area contributed by atoms with Gasteiger partial charge < -0.3 is 10.1 Å². The molecule has 3 aromatic rings. The first-order valence-electron chi connectivity index (χ1n) is 9.84. The zero-order valence-corrected chi connectivity index (χ0v) is 16.5. The smallest absolute Gasteiger partial charge is 0.234 e. The lowest BCUT2D eigenvalue weighted by atomic mass is 10.1. The number of benzene rings is 2. The molecule has 2 N–H and O–H groups in total. The van der Waals surface area contributed by atoms with Gasteiger partial charge in [0.1, 0.15) is 17.7 Å². The predicted molar refractivity (Wildman–Crippen MR) is 109 cm³/mol. The third-order valence-electron chi connectivity index (χ3n) is 4.91. The molecule has 7 nitrogen and oxygen atoms in total. The second kappa shape index (κ2) is 8.87. The van der Waals surface area contributed by atoms with Gasteiger partial charge in [0, 0.05) is 31.6 Å². The summed E-state index contributed by atoms with van der Waals surface area (Å²) in [5.41, 5.74) is 2.20. The molecule has 0 saturated carbocycles. The number of amides is 1. The van der Waals surface area contributed by atoms with Crippen molar-refractivity contribution >= 4 is 5.91 Å². The number of carbonyl (C=O) groups is 1. The average Bonchev–Trinajstić information content (AvgIpc) is 3.04. The molecule has 1 aliphatic heterocycles. The van der Waals surface area contributed by atoms with E-state index >= 15 is 0 Å². The number of hydrogen-bond acceptors (Lipinski definition) is 5. The van der Waals surface area contributed by atoms with Gasteiger partial charge in [-0.25, -0.2) is 4.98 Å². The minimum Gasteiger partial charge on any atom is -0.484 e. The second-order valence-corrected chi connectivity index (χ2v) is 7.23. The number of carbonyl (C=O) groups excluding carboxylic acids is 1. The molecule has 0 bridgehead atoms. The minimum atomic E-state index is -0.121. The number of ether oxygens (including phenoxy) is 1. The number of rotatable bonds is 6. The van der Waals surface area contributed by atoms with Crippen LogP contribution in [0.1, 0.15) is 28.9 Å². The molecule has 0 fully saturated rings. The van der Waals surface area contributed by atoms with Gasteiger partial charge in [-0.3, -0.25) is 14.8 Å². The van der Waals surface area contributed by atoms with E-state index in [1.807, 2.05) is 43.3 Å². The Balaban J connectivity index is 1.40. The van der Waals surface area contributed by atoms with Crippen LogP contribution in [0.3, 0.4) is 0 Å². The highest BCUT2D eigenvalue weighted by molar-refractivity contribution is 5.78. The average molecular weight is 391 g/mol. The van der Waals surface area contributed by atoms with Crippen LogP contribution >= 0.6 is 0 Å². The van der Waals surface area contributed by atoms with E-state index in [0.717, 1.165) is 22.7 Å². The van der Waals surface area contributed by atoms with Gasteiger partial charge in [0.25, 0.3) is 0 Å². The van der Waals surface area contributed by atoms with Crippen molar-refractivity contribution in [2.75, 3.05) is 19.6 Å². The van der Waals surface area contributed by atoms with Crippen LogP contribution in [0.4, 0.5) is 0 Å². The molecule has 2 heterocycles. The summed E-state index contributed by atoms with van der Waals surface area (Å²) >= 11 is 0. The summed E-state index contributed by atoms with van der Waals surface area (Å²) in [7, 11) is 0. The van der Waals surface area contributed by atoms with Crippen molar-refractivity contribution in [2.24, 2.45) is 0 Å². The van der Waals surface area contributed by atoms with Crippen LogP contribution in [0.15, 0.2) is 54.6 Å². The maximum atomic E-state index is 12.5. The number of nitrogens with zero attached hydrogens (tertiary/aromatic N) is 3. The molecule has 1 aromatic heterocycles. The maximum Gasteiger partial charge on any atom is 0.234 e. The Hall–Kier alpha value is -3.19. The molecule has 29 heavy (non-hydrogen) atoms. The summed E-state index contributed by atoms with van der Waals surface area (Å²) in [5.74, 6) is 2.36. The summed E-state index contributed by atoms with van der Waals surface area (Å²) in [6, 6.07) is 18.2. The summed E-state index contributed by atoms with van der Waals surface area (Å²) in [4.78, 5) is 18.9. The van der Waals surface area contributed by atoms with Crippen molar-refractivity contribution in [3.63, 3.8) is 0 Å². The molecule has 1 atom stereocenters. The summed E-state index contributed by atoms with van der Waals surface area (Å²) in [6.07, 6.45) is 0.484. The Morgan fingerprint density at radius 2 is 2.00 bits per heavy atom. The van der Waals surface area contributed by atoms with Crippen LogP contribution in [-0.2, 0) is 17.8 Å². The molecule has 4 rings (SSSR count). The number of aromatic amines is 1. The Morgan fingerprint density at radius 3 is 2.79 bits per heavy atom. The first-order chi connectivity index (χ1) is 14.2. The van der Waals surface area contributed by atoms with Crippen molar-refractivity contribution in [3.8, 4) is 5.75 Å². The monoisotopic (exact) mass is 391 g/mol. The molecular weight excluding hydrogens is 366 g/mol. The van der Waals surface area contributed by atoms with E-state index < -0.39 is 0 Å². The van der Waals surface area contributed by atoms with Crippen LogP contribution in [0.2, 0.25) is 0 Å². The summed E-state index contributed by atoms with van der Waals surface area (Å²) in [5, 5.41) is 9.88. The van der Waals surface area contributed by atoms with E-state index in [2.05, 4.69) is 43.6 Å². The van der Waals surface area contributed by atoms with Gasteiger partial charge in [0.05, 0.1) is 6.54 Å². The quantitative estimate of drug-likeness (QED) is 0.674. The van der Waals surface area contributed by atoms with Crippen molar-refractivity contribution in [1.29, 1.82) is 0 Å². The highest BCUT2D eigenvalue weighted by Crippen LogP contribution is 2.30. The fourth-order valence-corrected chi connectivity index (χ4v) is 3.52. The first kappa shape index (κ1) is 19.1. The second-order valence-electron chi connectivity index (χ2n) is 7.23. The van der Waals surface area contributed by atoms with E-state index in [0.29, 0.717) is 38.4 Å². The lowest BCUT2D eigenvalue weighted by molar-refractivity contribution is -0.122. The van der Waals surface area contributed by atoms with Gasteiger partial charge in [-0.1, -0.05) is 48.5 Å². The Kier molecular flexibility index (Phi) is 5.86. The lowest BCUT2D eigenvalue weighted by Gasteiger charge is -2.23. The molecule has 1 unspecified atom stereocenters. The number of fused-ring (bicyclic) bond motifs is 1. The number of aromatic nitrogens is 3. The van der Waals surface area contributed by atoms with E-state index in [4.69, 9.17) is 4.74 Å². The van der Waals surface area contributed by atoms with Crippen molar-refractivity contribution < 1.29 is 9.53 Å². The third kappa shape index (κ3) is 5.00. The normalized spacial score (nSPS) is 16.5. The number of aryl methyl sites for hydroxylation is 1. The van der Waals surface area contributed by atoms with Gasteiger partial charge in [0.15, 0.2) is 5.82 Å². The van der Waals surface area contributed by atoms with E-state index in [1.54, 1.807) is 0 Å². The highest BCUT2D eigenvalue weighted by Gasteiger charge is 2.25. The zero-order chi connectivity index (χ0) is 20.1. The molecule has 2 aromatic carbocycles. The zero-order valence-electron chi connectivity index (χ0n) is 16.5. The number of nitrogens with one attached hydrogen (secondary N) is 2. The van der Waals surface area contributed by atoms with E-state index in [1.165, 1.54) is 0 Å². The maximum absolute atomic E-state index is 12.5. The van der Waals surface area contributed by atoms with Gasteiger partial charge in [-0.2, -0.15) is 5.10 Å². The van der Waals surface area contributed by atoms with Gasteiger partial charge in [0.2, 0.25) is 5.91 Å². The van der Waals surface area contributed by atoms with E-state index in [9.17, 15) is 4.79 Å². The predicted octanol–water partition coefficient (Wildman–Crippen LogP) is 2.41. The third-order valence-corrected chi connectivity index (χ3v) is 4.91. The Morgan fingerprint density at radius 1 is 1.21 bits per heavy atom. The fourth-order valence-electron chi connectivity index (χ4n) is 3.52. The van der Waals surface area contributed by atoms with Crippen molar-refractivity contribution in [1.82, 2.24) is 25.4 Å². The lowest BCUT2D eigenvalue weighted by Crippen LogP contribution is -2.39. The van der Waals surface area contributed by atoms with Gasteiger partial charge in [-0.05, 0) is 18.6 Å². The Bertz CT molecular complexity index is 957. The highest BCUT2D eigenvalue weighted by atomic mass is 16.5. The number of para-hydroxylation sites is 1. The van der Waals surface area contributed by atoms with Crippen LogP contribution in [-0.4, -0.2) is 45.6 Å². The molecule has 7 heteroatoms. The summed E-state index contributed by atoms with van der Waals surface area (Å²) in [6.45, 7) is 4.00. The molecular formula is C22H25N5O2. The summed E-state index contributed by atoms with van der Waals surface area (Å²) < 4.78 is 6.30. The van der Waals surface area contributed by atoms with Crippen LogP contribution in [0, 0.1) is 6.92 Å². The van der Waals surface area contributed by atoms with Gasteiger partial charge >= 0.3 is 0 Å². The molecule has 0 radical (unpaired) electrons. The topological polar surface area (TPSA) is 83.1 Å². The molecule has 1 amide bonds. The van der Waals surface area contributed by atoms with E-state index in [-0.39, 0.29) is 12.0 Å². The standard InChI is InChI=1S/C22H25N5O2/c1-16-24-21(26-25-16)11-12-23-22(28)15-27-13-18-9-5-6-10-19(18)29-20(14-27)17-7-3-2-4-8-17/h2-10,20H,11-15H2,1H3,(H,23,28)(H,24,25,26). The molecule has 150 valence electrons. The minimum absolute atomic E-state index is 0.0107.